The van der Waals surface area contributed by atoms with Crippen molar-refractivity contribution >= 4 is 39.1 Å². The standard InChI is InChI=1S/C24H25N3O3S2/c28-24(25-22-8-4-5-19(17-22)18-27-13-15-31-16-14-27)20-9-11-23(12-10-20)32(29,30)26-21-6-2-1-3-7-21/h1-12,17,26H,13-16,18H2,(H,25,28). The molecule has 3 aromatic rings. The molecule has 0 aliphatic carbocycles. The van der Waals surface area contributed by atoms with E-state index >= 15 is 0 Å². The molecule has 4 rings (SSSR count). The monoisotopic (exact) mass is 467 g/mol. The normalized spacial score (nSPS) is 14.6. The van der Waals surface area contributed by atoms with Crippen LogP contribution < -0.4 is 10.0 Å². The summed E-state index contributed by atoms with van der Waals surface area (Å²) in [7, 11) is -3.72. The van der Waals surface area contributed by atoms with Gasteiger partial charge in [0.05, 0.1) is 4.90 Å². The minimum atomic E-state index is -3.72. The van der Waals surface area contributed by atoms with Crippen LogP contribution in [0.15, 0.2) is 83.8 Å². The van der Waals surface area contributed by atoms with Crippen molar-refractivity contribution in [3.05, 3.63) is 90.0 Å². The summed E-state index contributed by atoms with van der Waals surface area (Å²) in [6.45, 7) is 3.02. The third-order valence-electron chi connectivity index (χ3n) is 5.15. The first kappa shape index (κ1) is 22.4. The molecule has 1 aliphatic heterocycles. The van der Waals surface area contributed by atoms with Crippen molar-refractivity contribution in [2.75, 3.05) is 34.6 Å². The minimum absolute atomic E-state index is 0.0968. The number of nitrogens with zero attached hydrogens (tertiary/aromatic N) is 1. The van der Waals surface area contributed by atoms with Gasteiger partial charge in [-0.05, 0) is 54.1 Å². The van der Waals surface area contributed by atoms with Gasteiger partial charge < -0.3 is 5.32 Å². The Morgan fingerprint density at radius 3 is 2.28 bits per heavy atom. The molecule has 8 heteroatoms. The Kier molecular flexibility index (Phi) is 7.14. The largest absolute Gasteiger partial charge is 0.322 e. The third-order valence-corrected chi connectivity index (χ3v) is 7.49. The Morgan fingerprint density at radius 1 is 0.875 bits per heavy atom. The van der Waals surface area contributed by atoms with Crippen molar-refractivity contribution in [2.45, 2.75) is 11.4 Å². The van der Waals surface area contributed by atoms with Gasteiger partial charge in [-0.15, -0.1) is 0 Å². The fraction of sp³-hybridized carbons (Fsp3) is 0.208. The number of thioether (sulfide) groups is 1. The topological polar surface area (TPSA) is 78.5 Å². The summed E-state index contributed by atoms with van der Waals surface area (Å²) in [5.41, 5.74) is 2.75. The van der Waals surface area contributed by atoms with Crippen LogP contribution in [0.4, 0.5) is 11.4 Å². The predicted molar refractivity (Wildman–Crippen MR) is 131 cm³/mol. The second kappa shape index (κ2) is 10.2. The molecule has 6 nitrogen and oxygen atoms in total. The van der Waals surface area contributed by atoms with Crippen LogP contribution in [0.2, 0.25) is 0 Å². The SMILES string of the molecule is O=C(Nc1cccc(CN2CCSCC2)c1)c1ccc(S(=O)(=O)Nc2ccccc2)cc1. The number of carbonyl (C=O) groups is 1. The highest BCUT2D eigenvalue weighted by atomic mass is 32.2. The van der Waals surface area contributed by atoms with E-state index in [9.17, 15) is 13.2 Å². The van der Waals surface area contributed by atoms with Crippen LogP contribution in [0.25, 0.3) is 0 Å². The summed E-state index contributed by atoms with van der Waals surface area (Å²) in [5.74, 6) is 2.03. The molecule has 0 bridgehead atoms. The van der Waals surface area contributed by atoms with Gasteiger partial charge in [-0.1, -0.05) is 30.3 Å². The number of hydrogen-bond donors (Lipinski definition) is 2. The van der Waals surface area contributed by atoms with Crippen LogP contribution in [0.3, 0.4) is 0 Å². The van der Waals surface area contributed by atoms with Crippen molar-refractivity contribution in [3.63, 3.8) is 0 Å². The Bertz CT molecular complexity index is 1160. The average molecular weight is 468 g/mol. The number of benzene rings is 3. The van der Waals surface area contributed by atoms with E-state index in [0.717, 1.165) is 42.4 Å². The molecule has 0 radical (unpaired) electrons. The highest BCUT2D eigenvalue weighted by Crippen LogP contribution is 2.19. The summed E-state index contributed by atoms with van der Waals surface area (Å²) in [4.78, 5) is 15.2. The number of anilines is 2. The Labute approximate surface area is 193 Å². The predicted octanol–water partition coefficient (Wildman–Crippen LogP) is 4.29. The van der Waals surface area contributed by atoms with Crippen LogP contribution in [-0.4, -0.2) is 43.8 Å². The molecular weight excluding hydrogens is 442 g/mol. The number of rotatable bonds is 7. The van der Waals surface area contributed by atoms with Crippen molar-refractivity contribution in [2.24, 2.45) is 0 Å². The number of sulfonamides is 1. The molecule has 2 N–H and O–H groups in total. The van der Waals surface area contributed by atoms with E-state index in [-0.39, 0.29) is 10.8 Å². The maximum atomic E-state index is 12.7. The molecule has 0 aromatic heterocycles. The zero-order valence-corrected chi connectivity index (χ0v) is 19.2. The fourth-order valence-electron chi connectivity index (χ4n) is 3.47. The van der Waals surface area contributed by atoms with E-state index in [2.05, 4.69) is 21.0 Å². The molecule has 1 heterocycles. The molecular formula is C24H25N3O3S2. The molecule has 3 aromatic carbocycles. The average Bonchev–Trinajstić information content (AvgIpc) is 2.80. The summed E-state index contributed by atoms with van der Waals surface area (Å²) in [6, 6.07) is 22.4. The van der Waals surface area contributed by atoms with E-state index in [0.29, 0.717) is 11.3 Å². The Balaban J connectivity index is 1.40. The van der Waals surface area contributed by atoms with Gasteiger partial charge >= 0.3 is 0 Å². The Hall–Kier alpha value is -2.81. The molecule has 0 spiro atoms. The van der Waals surface area contributed by atoms with Gasteiger partial charge in [0.25, 0.3) is 15.9 Å². The molecule has 32 heavy (non-hydrogen) atoms. The maximum Gasteiger partial charge on any atom is 0.261 e. The van der Waals surface area contributed by atoms with E-state index in [1.807, 2.05) is 36.0 Å². The Morgan fingerprint density at radius 2 is 1.56 bits per heavy atom. The number of para-hydroxylation sites is 1. The molecule has 1 amide bonds. The van der Waals surface area contributed by atoms with Crippen LogP contribution in [-0.2, 0) is 16.6 Å². The smallest absolute Gasteiger partial charge is 0.261 e. The molecule has 1 fully saturated rings. The molecule has 0 saturated carbocycles. The second-order valence-corrected chi connectivity index (χ2v) is 10.4. The van der Waals surface area contributed by atoms with Gasteiger partial charge in [-0.2, -0.15) is 11.8 Å². The van der Waals surface area contributed by atoms with Crippen LogP contribution >= 0.6 is 11.8 Å². The molecule has 166 valence electrons. The van der Waals surface area contributed by atoms with Gasteiger partial charge in [0, 0.05) is 48.1 Å². The highest BCUT2D eigenvalue weighted by Gasteiger charge is 2.16. The zero-order valence-electron chi connectivity index (χ0n) is 17.5. The van der Waals surface area contributed by atoms with Gasteiger partial charge in [-0.25, -0.2) is 8.42 Å². The van der Waals surface area contributed by atoms with Crippen LogP contribution in [0.1, 0.15) is 15.9 Å². The lowest BCUT2D eigenvalue weighted by Crippen LogP contribution is -2.31. The van der Waals surface area contributed by atoms with Crippen molar-refractivity contribution in [3.8, 4) is 0 Å². The number of amides is 1. The first-order valence-corrected chi connectivity index (χ1v) is 13.0. The van der Waals surface area contributed by atoms with Gasteiger partial charge in [0.2, 0.25) is 0 Å². The summed E-state index contributed by atoms with van der Waals surface area (Å²) in [6.07, 6.45) is 0. The second-order valence-electron chi connectivity index (χ2n) is 7.54. The number of hydrogen-bond acceptors (Lipinski definition) is 5. The molecule has 1 aliphatic rings. The quantitative estimate of drug-likeness (QED) is 0.542. The fourth-order valence-corrected chi connectivity index (χ4v) is 5.51. The molecule has 0 unspecified atom stereocenters. The minimum Gasteiger partial charge on any atom is -0.322 e. The highest BCUT2D eigenvalue weighted by molar-refractivity contribution is 7.99. The lowest BCUT2D eigenvalue weighted by Gasteiger charge is -2.26. The maximum absolute atomic E-state index is 12.7. The first-order valence-electron chi connectivity index (χ1n) is 10.4. The van der Waals surface area contributed by atoms with Crippen molar-refractivity contribution < 1.29 is 13.2 Å². The zero-order chi connectivity index (χ0) is 22.4. The van der Waals surface area contributed by atoms with Crippen molar-refractivity contribution in [1.29, 1.82) is 0 Å². The lowest BCUT2D eigenvalue weighted by atomic mass is 10.1. The number of nitrogens with one attached hydrogen (secondary N) is 2. The van der Waals surface area contributed by atoms with Crippen LogP contribution in [0.5, 0.6) is 0 Å². The van der Waals surface area contributed by atoms with Crippen molar-refractivity contribution in [1.82, 2.24) is 4.90 Å². The number of carbonyl (C=O) groups excluding carboxylic acids is 1. The lowest BCUT2D eigenvalue weighted by molar-refractivity contribution is 0.102. The third kappa shape index (κ3) is 5.91. The van der Waals surface area contributed by atoms with Gasteiger partial charge in [0.1, 0.15) is 0 Å². The summed E-state index contributed by atoms with van der Waals surface area (Å²) >= 11 is 1.98. The van der Waals surface area contributed by atoms with Crippen LogP contribution in [0, 0.1) is 0 Å². The molecule has 1 saturated heterocycles. The van der Waals surface area contributed by atoms with E-state index in [4.69, 9.17) is 0 Å². The van der Waals surface area contributed by atoms with E-state index in [1.54, 1.807) is 24.3 Å². The van der Waals surface area contributed by atoms with E-state index in [1.165, 1.54) is 24.3 Å². The van der Waals surface area contributed by atoms with Gasteiger partial charge in [0.15, 0.2) is 0 Å². The summed E-state index contributed by atoms with van der Waals surface area (Å²) < 4.78 is 27.6. The van der Waals surface area contributed by atoms with Gasteiger partial charge in [-0.3, -0.25) is 14.4 Å². The first-order chi connectivity index (χ1) is 15.5. The summed E-state index contributed by atoms with van der Waals surface area (Å²) in [5, 5.41) is 2.91. The van der Waals surface area contributed by atoms with E-state index < -0.39 is 10.0 Å². The molecule has 0 atom stereocenters.